The number of rotatable bonds is 4. The molecule has 3 aromatic heterocycles. The van der Waals surface area contributed by atoms with Gasteiger partial charge in [0.25, 0.3) is 5.91 Å². The molecule has 2 fully saturated rings. The Bertz CT molecular complexity index is 1130. The van der Waals surface area contributed by atoms with Crippen molar-refractivity contribution < 1.29 is 14.0 Å². The SMILES string of the molecule is CN1CC(NC(=O)c2cnc(N)c3nc(-c4ccnc(F)c4)ccc23)C1.O=CC1CC1. The molecule has 0 radical (unpaired) electrons. The van der Waals surface area contributed by atoms with Crippen molar-refractivity contribution in [3.8, 4) is 11.3 Å². The molecule has 2 aliphatic rings. The number of nitrogen functional groups attached to an aromatic ring is 1. The minimum absolute atomic E-state index is 0.132. The van der Waals surface area contributed by atoms with Gasteiger partial charge >= 0.3 is 0 Å². The number of nitrogens with one attached hydrogen (secondary N) is 1. The fourth-order valence-corrected chi connectivity index (χ4v) is 3.33. The number of hydrogen-bond acceptors (Lipinski definition) is 7. The zero-order chi connectivity index (χ0) is 22.0. The van der Waals surface area contributed by atoms with Crippen molar-refractivity contribution >= 4 is 28.9 Å². The van der Waals surface area contributed by atoms with Gasteiger partial charge in [-0.3, -0.25) is 4.79 Å². The van der Waals surface area contributed by atoms with Crippen LogP contribution in [0.15, 0.2) is 36.7 Å². The third-order valence-electron chi connectivity index (χ3n) is 5.24. The lowest BCUT2D eigenvalue weighted by molar-refractivity contribution is -0.108. The van der Waals surface area contributed by atoms with Gasteiger partial charge in [0.15, 0.2) is 0 Å². The van der Waals surface area contributed by atoms with Crippen LogP contribution in [0.4, 0.5) is 10.2 Å². The Morgan fingerprint density at radius 3 is 2.65 bits per heavy atom. The van der Waals surface area contributed by atoms with E-state index in [1.54, 1.807) is 18.2 Å². The zero-order valence-corrected chi connectivity index (χ0v) is 17.1. The number of nitrogens with two attached hydrogens (primary N) is 1. The predicted octanol–water partition coefficient (Wildman–Crippen LogP) is 2.05. The van der Waals surface area contributed by atoms with Gasteiger partial charge < -0.3 is 20.7 Å². The number of halogens is 1. The van der Waals surface area contributed by atoms with Crippen molar-refractivity contribution in [1.29, 1.82) is 0 Å². The van der Waals surface area contributed by atoms with E-state index in [2.05, 4.69) is 25.2 Å². The number of pyridine rings is 3. The summed E-state index contributed by atoms with van der Waals surface area (Å²) in [5.74, 6) is -0.120. The van der Waals surface area contributed by atoms with Crippen LogP contribution in [0.1, 0.15) is 23.2 Å². The highest BCUT2D eigenvalue weighted by Crippen LogP contribution is 2.26. The van der Waals surface area contributed by atoms with Crippen LogP contribution in [-0.2, 0) is 4.79 Å². The Kier molecular flexibility index (Phi) is 5.85. The third kappa shape index (κ3) is 4.83. The summed E-state index contributed by atoms with van der Waals surface area (Å²) in [4.78, 5) is 36.4. The Morgan fingerprint density at radius 1 is 1.26 bits per heavy atom. The number of amides is 1. The molecular formula is C22H23FN6O2. The molecule has 1 saturated heterocycles. The van der Waals surface area contributed by atoms with Crippen LogP contribution >= 0.6 is 0 Å². The zero-order valence-electron chi connectivity index (χ0n) is 17.1. The van der Waals surface area contributed by atoms with Gasteiger partial charge in [-0.15, -0.1) is 0 Å². The van der Waals surface area contributed by atoms with Crippen LogP contribution < -0.4 is 11.1 Å². The topological polar surface area (TPSA) is 114 Å². The lowest BCUT2D eigenvalue weighted by atomic mass is 10.1. The van der Waals surface area contributed by atoms with Crippen LogP contribution in [0.25, 0.3) is 22.2 Å². The number of carbonyl (C=O) groups is 2. The summed E-state index contributed by atoms with van der Waals surface area (Å²) >= 11 is 0. The Morgan fingerprint density at radius 2 is 2.03 bits per heavy atom. The van der Waals surface area contributed by atoms with E-state index in [1.165, 1.54) is 18.5 Å². The van der Waals surface area contributed by atoms with Crippen molar-refractivity contribution in [2.45, 2.75) is 18.9 Å². The Labute approximate surface area is 178 Å². The van der Waals surface area contributed by atoms with Gasteiger partial charge in [0.1, 0.15) is 17.6 Å². The minimum atomic E-state index is -0.589. The van der Waals surface area contributed by atoms with E-state index in [-0.39, 0.29) is 17.8 Å². The highest BCUT2D eigenvalue weighted by atomic mass is 19.1. The van der Waals surface area contributed by atoms with Crippen LogP contribution in [0.3, 0.4) is 0 Å². The summed E-state index contributed by atoms with van der Waals surface area (Å²) in [6.07, 6.45) is 6.15. The van der Waals surface area contributed by atoms with Gasteiger partial charge in [-0.05, 0) is 38.1 Å². The number of aldehydes is 1. The van der Waals surface area contributed by atoms with E-state index < -0.39 is 5.95 Å². The van der Waals surface area contributed by atoms with E-state index in [0.29, 0.717) is 33.6 Å². The summed E-state index contributed by atoms with van der Waals surface area (Å²) in [5.41, 5.74) is 7.90. The van der Waals surface area contributed by atoms with Crippen LogP contribution in [0.2, 0.25) is 0 Å². The maximum Gasteiger partial charge on any atom is 0.253 e. The predicted molar refractivity (Wildman–Crippen MR) is 115 cm³/mol. The van der Waals surface area contributed by atoms with E-state index in [4.69, 9.17) is 5.73 Å². The first kappa shape index (κ1) is 20.8. The van der Waals surface area contributed by atoms with Gasteiger partial charge in [0.05, 0.1) is 17.3 Å². The van der Waals surface area contributed by atoms with E-state index in [1.807, 2.05) is 7.05 Å². The monoisotopic (exact) mass is 422 g/mol. The fraction of sp³-hybridized carbons (Fsp3) is 0.318. The number of fused-ring (bicyclic) bond motifs is 1. The molecule has 0 atom stereocenters. The molecule has 31 heavy (non-hydrogen) atoms. The summed E-state index contributed by atoms with van der Waals surface area (Å²) in [6.45, 7) is 1.64. The van der Waals surface area contributed by atoms with Crippen molar-refractivity contribution in [2.24, 2.45) is 5.92 Å². The normalized spacial score (nSPS) is 16.2. The van der Waals surface area contributed by atoms with Crippen LogP contribution in [0.5, 0.6) is 0 Å². The maximum atomic E-state index is 13.4. The highest BCUT2D eigenvalue weighted by Gasteiger charge is 2.26. The second-order valence-electron chi connectivity index (χ2n) is 7.88. The quantitative estimate of drug-likeness (QED) is 0.489. The molecule has 4 heterocycles. The van der Waals surface area contributed by atoms with Gasteiger partial charge in [-0.1, -0.05) is 0 Å². The largest absolute Gasteiger partial charge is 0.382 e. The number of likely N-dealkylation sites (tertiary alicyclic amines) is 1. The average molecular weight is 422 g/mol. The van der Waals surface area contributed by atoms with E-state index >= 15 is 0 Å². The summed E-state index contributed by atoms with van der Waals surface area (Å²) in [6, 6.07) is 6.57. The maximum absolute atomic E-state index is 13.4. The Hall–Kier alpha value is -3.46. The molecule has 5 rings (SSSR count). The molecular weight excluding hydrogens is 399 g/mol. The molecule has 0 aromatic carbocycles. The number of hydrogen-bond donors (Lipinski definition) is 2. The molecule has 1 saturated carbocycles. The molecule has 160 valence electrons. The molecule has 0 spiro atoms. The first-order valence-electron chi connectivity index (χ1n) is 10.1. The van der Waals surface area contributed by atoms with Gasteiger partial charge in [-0.2, -0.15) is 4.39 Å². The molecule has 1 amide bonds. The molecule has 0 unspecified atom stereocenters. The van der Waals surface area contributed by atoms with Crippen molar-refractivity contribution in [3.05, 3.63) is 48.2 Å². The average Bonchev–Trinajstić information content (AvgIpc) is 3.58. The van der Waals surface area contributed by atoms with Crippen molar-refractivity contribution in [2.75, 3.05) is 25.9 Å². The lowest BCUT2D eigenvalue weighted by Crippen LogP contribution is -2.57. The smallest absolute Gasteiger partial charge is 0.253 e. The molecule has 1 aliphatic carbocycles. The minimum Gasteiger partial charge on any atom is -0.382 e. The molecule has 0 bridgehead atoms. The number of aromatic nitrogens is 3. The standard InChI is InChI=1S/C18H17FN6O.C4H6O/c1-25-8-11(9-25)23-18(26)13-7-22-17(20)16-12(13)2-3-14(24-16)10-4-5-21-15(19)6-10;5-3-4-1-2-4/h2-7,11H,8-9H2,1H3,(H2,20,22)(H,23,26);3-4H,1-2H2. The van der Waals surface area contributed by atoms with Gasteiger partial charge in [0, 0.05) is 48.4 Å². The number of nitrogens with zero attached hydrogens (tertiary/aromatic N) is 4. The molecule has 8 nitrogen and oxygen atoms in total. The second kappa shape index (κ2) is 8.73. The molecule has 3 N–H and O–H groups in total. The fourth-order valence-electron chi connectivity index (χ4n) is 3.33. The van der Waals surface area contributed by atoms with E-state index in [0.717, 1.165) is 32.2 Å². The molecule has 3 aromatic rings. The Balaban J connectivity index is 0.000000407. The van der Waals surface area contributed by atoms with Gasteiger partial charge in [-0.25, -0.2) is 15.0 Å². The first-order chi connectivity index (χ1) is 14.9. The summed E-state index contributed by atoms with van der Waals surface area (Å²) in [7, 11) is 2.00. The highest BCUT2D eigenvalue weighted by molar-refractivity contribution is 6.08. The van der Waals surface area contributed by atoms with Crippen LogP contribution in [0, 0.1) is 11.9 Å². The number of carbonyl (C=O) groups excluding carboxylic acids is 2. The second-order valence-corrected chi connectivity index (χ2v) is 7.88. The molecule has 1 aliphatic heterocycles. The van der Waals surface area contributed by atoms with Crippen molar-refractivity contribution in [1.82, 2.24) is 25.2 Å². The molecule has 9 heteroatoms. The summed E-state index contributed by atoms with van der Waals surface area (Å²) < 4.78 is 13.4. The van der Waals surface area contributed by atoms with E-state index in [9.17, 15) is 14.0 Å². The van der Waals surface area contributed by atoms with Gasteiger partial charge in [0.2, 0.25) is 5.95 Å². The summed E-state index contributed by atoms with van der Waals surface area (Å²) in [5, 5.41) is 3.59. The third-order valence-corrected chi connectivity index (χ3v) is 5.24. The number of anilines is 1. The number of likely N-dealkylation sites (N-methyl/N-ethyl adjacent to an activating group) is 1. The van der Waals surface area contributed by atoms with Crippen LogP contribution in [-0.4, -0.2) is 58.2 Å². The lowest BCUT2D eigenvalue weighted by Gasteiger charge is -2.36. The first-order valence-corrected chi connectivity index (χ1v) is 10.1. The van der Waals surface area contributed by atoms with Crippen molar-refractivity contribution in [3.63, 3.8) is 0 Å².